The predicted molar refractivity (Wildman–Crippen MR) is 98.2 cm³/mol. The number of amides is 1. The molecule has 12 nitrogen and oxygen atoms in total. The molecule has 0 N–H and O–H groups in total. The summed E-state index contributed by atoms with van der Waals surface area (Å²) in [5.41, 5.74) is -0.410. The maximum Gasteiger partial charge on any atom is 0.325 e. The van der Waals surface area contributed by atoms with Crippen molar-refractivity contribution in [3.8, 4) is 0 Å². The second-order valence-electron chi connectivity index (χ2n) is 5.58. The Hall–Kier alpha value is -3.48. The molecule has 29 heavy (non-hydrogen) atoms. The van der Waals surface area contributed by atoms with Crippen molar-refractivity contribution in [1.29, 1.82) is 0 Å². The summed E-state index contributed by atoms with van der Waals surface area (Å²) < 4.78 is 10.6. The molecule has 1 heterocycles. The van der Waals surface area contributed by atoms with Crippen molar-refractivity contribution in [2.24, 2.45) is 7.05 Å². The second kappa shape index (κ2) is 9.64. The summed E-state index contributed by atoms with van der Waals surface area (Å²) in [6.45, 7) is -1.04. The van der Waals surface area contributed by atoms with Crippen molar-refractivity contribution >= 4 is 35.3 Å². The Morgan fingerprint density at radius 1 is 1.21 bits per heavy atom. The molecule has 0 radical (unpaired) electrons. The summed E-state index contributed by atoms with van der Waals surface area (Å²) in [4.78, 5) is 47.9. The number of hydrogen-bond acceptors (Lipinski definition) is 10. The highest BCUT2D eigenvalue weighted by atomic mass is 32.2. The zero-order valence-electron chi connectivity index (χ0n) is 15.7. The SMILES string of the molecule is COC(=O)CN(CC(=O)OC)C(=O)c1ccc(Sc2nncn2C)c([N+](=O)[O-])c1. The summed E-state index contributed by atoms with van der Waals surface area (Å²) >= 11 is 1.01. The molecule has 1 aromatic heterocycles. The van der Waals surface area contributed by atoms with Gasteiger partial charge in [0.2, 0.25) is 0 Å². The minimum atomic E-state index is -0.765. The fourth-order valence-corrected chi connectivity index (χ4v) is 3.02. The zero-order valence-corrected chi connectivity index (χ0v) is 16.5. The third-order valence-corrected chi connectivity index (χ3v) is 4.77. The Balaban J connectivity index is 2.35. The average Bonchev–Trinajstić information content (AvgIpc) is 3.11. The van der Waals surface area contributed by atoms with Crippen LogP contribution in [0.25, 0.3) is 0 Å². The number of carbonyl (C=O) groups is 3. The molecule has 0 saturated heterocycles. The lowest BCUT2D eigenvalue weighted by Crippen LogP contribution is -2.40. The molecular weight excluding hydrogens is 406 g/mol. The minimum absolute atomic E-state index is 0.0770. The monoisotopic (exact) mass is 423 g/mol. The number of esters is 2. The lowest BCUT2D eigenvalue weighted by atomic mass is 10.1. The van der Waals surface area contributed by atoms with E-state index in [1.54, 1.807) is 11.6 Å². The van der Waals surface area contributed by atoms with Crippen LogP contribution in [0.15, 0.2) is 34.6 Å². The molecule has 13 heteroatoms. The lowest BCUT2D eigenvalue weighted by Gasteiger charge is -2.20. The zero-order chi connectivity index (χ0) is 21.6. The normalized spacial score (nSPS) is 10.3. The van der Waals surface area contributed by atoms with Gasteiger partial charge < -0.3 is 18.9 Å². The molecule has 0 aliphatic rings. The van der Waals surface area contributed by atoms with Gasteiger partial charge in [0.1, 0.15) is 19.4 Å². The number of aryl methyl sites for hydroxylation is 1. The van der Waals surface area contributed by atoms with E-state index in [9.17, 15) is 24.5 Å². The van der Waals surface area contributed by atoms with E-state index in [0.29, 0.717) is 5.16 Å². The predicted octanol–water partition coefficient (Wildman–Crippen LogP) is 0.663. The van der Waals surface area contributed by atoms with Crippen LogP contribution in [0.2, 0.25) is 0 Å². The van der Waals surface area contributed by atoms with Crippen molar-refractivity contribution in [2.75, 3.05) is 27.3 Å². The van der Waals surface area contributed by atoms with Crippen LogP contribution in [-0.2, 0) is 26.1 Å². The van der Waals surface area contributed by atoms with Gasteiger partial charge >= 0.3 is 11.9 Å². The van der Waals surface area contributed by atoms with Crippen molar-refractivity contribution in [3.63, 3.8) is 0 Å². The number of hydrogen-bond donors (Lipinski definition) is 0. The summed E-state index contributed by atoms with van der Waals surface area (Å²) in [6, 6.07) is 3.82. The molecule has 0 aliphatic heterocycles. The van der Waals surface area contributed by atoms with Crippen LogP contribution < -0.4 is 0 Å². The van der Waals surface area contributed by atoms with Crippen molar-refractivity contribution in [1.82, 2.24) is 19.7 Å². The number of ether oxygens (including phenoxy) is 2. The number of nitrogens with zero attached hydrogens (tertiary/aromatic N) is 5. The third-order valence-electron chi connectivity index (χ3n) is 3.66. The largest absolute Gasteiger partial charge is 0.468 e. The molecule has 0 saturated carbocycles. The van der Waals surface area contributed by atoms with E-state index in [1.807, 2.05) is 0 Å². The second-order valence-corrected chi connectivity index (χ2v) is 6.59. The summed E-state index contributed by atoms with van der Waals surface area (Å²) in [5, 5.41) is 19.5. The number of benzene rings is 1. The molecular formula is C16H17N5O7S. The van der Waals surface area contributed by atoms with Gasteiger partial charge in [0.05, 0.1) is 24.0 Å². The fourth-order valence-electron chi connectivity index (χ4n) is 2.17. The van der Waals surface area contributed by atoms with Crippen LogP contribution in [0.1, 0.15) is 10.4 Å². The van der Waals surface area contributed by atoms with Crippen LogP contribution in [0, 0.1) is 10.1 Å². The van der Waals surface area contributed by atoms with Gasteiger partial charge in [0, 0.05) is 18.7 Å². The Kier molecular flexibility index (Phi) is 7.25. The molecule has 2 rings (SSSR count). The first-order chi connectivity index (χ1) is 13.8. The molecule has 1 amide bonds. The first-order valence-corrected chi connectivity index (χ1v) is 8.81. The highest BCUT2D eigenvalue weighted by Crippen LogP contribution is 2.34. The number of carbonyl (C=O) groups excluding carboxylic acids is 3. The van der Waals surface area contributed by atoms with E-state index in [4.69, 9.17) is 0 Å². The van der Waals surface area contributed by atoms with Gasteiger partial charge in [-0.1, -0.05) is 0 Å². The first-order valence-electron chi connectivity index (χ1n) is 8.00. The van der Waals surface area contributed by atoms with Gasteiger partial charge in [-0.15, -0.1) is 10.2 Å². The van der Waals surface area contributed by atoms with Crippen LogP contribution >= 0.6 is 11.8 Å². The Labute approximate surface area is 168 Å². The molecule has 0 spiro atoms. The maximum atomic E-state index is 12.8. The number of aromatic nitrogens is 3. The Bertz CT molecular complexity index is 927. The van der Waals surface area contributed by atoms with Crippen LogP contribution in [0.5, 0.6) is 0 Å². The van der Waals surface area contributed by atoms with E-state index in [0.717, 1.165) is 36.9 Å². The van der Waals surface area contributed by atoms with Crippen molar-refractivity contribution in [2.45, 2.75) is 10.1 Å². The van der Waals surface area contributed by atoms with Gasteiger partial charge in [-0.05, 0) is 23.9 Å². The summed E-state index contributed by atoms with van der Waals surface area (Å²) in [7, 11) is 3.95. The number of rotatable bonds is 8. The van der Waals surface area contributed by atoms with E-state index < -0.39 is 35.9 Å². The lowest BCUT2D eigenvalue weighted by molar-refractivity contribution is -0.387. The van der Waals surface area contributed by atoms with E-state index in [-0.39, 0.29) is 16.1 Å². The molecule has 0 unspecified atom stereocenters. The van der Waals surface area contributed by atoms with Crippen molar-refractivity contribution in [3.05, 3.63) is 40.2 Å². The maximum absolute atomic E-state index is 12.8. The minimum Gasteiger partial charge on any atom is -0.468 e. The van der Waals surface area contributed by atoms with Crippen LogP contribution in [0.4, 0.5) is 5.69 Å². The average molecular weight is 423 g/mol. The van der Waals surface area contributed by atoms with Gasteiger partial charge in [0.25, 0.3) is 11.6 Å². The Morgan fingerprint density at radius 2 is 1.83 bits per heavy atom. The van der Waals surface area contributed by atoms with Gasteiger partial charge in [-0.2, -0.15) is 0 Å². The summed E-state index contributed by atoms with van der Waals surface area (Å²) in [6.07, 6.45) is 1.45. The van der Waals surface area contributed by atoms with E-state index in [2.05, 4.69) is 19.7 Å². The topological polar surface area (TPSA) is 147 Å². The summed E-state index contributed by atoms with van der Waals surface area (Å²) in [5.74, 6) is -2.28. The van der Waals surface area contributed by atoms with Crippen LogP contribution in [-0.4, -0.2) is 69.7 Å². The Morgan fingerprint density at radius 3 is 2.31 bits per heavy atom. The molecule has 2 aromatic rings. The quantitative estimate of drug-likeness (QED) is 0.337. The molecule has 154 valence electrons. The van der Waals surface area contributed by atoms with Crippen molar-refractivity contribution < 1.29 is 28.8 Å². The molecule has 0 atom stereocenters. The third kappa shape index (κ3) is 5.51. The molecule has 0 aliphatic carbocycles. The van der Waals surface area contributed by atoms with E-state index >= 15 is 0 Å². The highest BCUT2D eigenvalue weighted by molar-refractivity contribution is 7.99. The molecule has 0 fully saturated rings. The van der Waals surface area contributed by atoms with E-state index in [1.165, 1.54) is 18.5 Å². The number of nitro benzene ring substituents is 1. The van der Waals surface area contributed by atoms with Crippen LogP contribution in [0.3, 0.4) is 0 Å². The number of methoxy groups -OCH3 is 2. The molecule has 0 bridgehead atoms. The highest BCUT2D eigenvalue weighted by Gasteiger charge is 2.26. The first kappa shape index (κ1) is 21.8. The smallest absolute Gasteiger partial charge is 0.325 e. The number of nitro groups is 1. The fraction of sp³-hybridized carbons (Fsp3) is 0.312. The van der Waals surface area contributed by atoms with Gasteiger partial charge in [0.15, 0.2) is 5.16 Å². The molecule has 1 aromatic carbocycles. The van der Waals surface area contributed by atoms with Gasteiger partial charge in [-0.25, -0.2) is 0 Å². The standard InChI is InChI=1S/C16H17N5O7S/c1-19-9-17-18-16(19)29-12-5-4-10(6-11(12)21(25)26)15(24)20(7-13(22)27-2)8-14(23)28-3/h4-6,9H,7-8H2,1-3H3. The van der Waals surface area contributed by atoms with Gasteiger partial charge in [-0.3, -0.25) is 24.5 Å².